The zero-order valence-electron chi connectivity index (χ0n) is 17.6. The normalized spacial score (nSPS) is 14.5. The third kappa shape index (κ3) is 5.20. The van der Waals surface area contributed by atoms with Crippen molar-refractivity contribution in [2.45, 2.75) is 12.5 Å². The van der Waals surface area contributed by atoms with Crippen molar-refractivity contribution in [3.63, 3.8) is 0 Å². The van der Waals surface area contributed by atoms with Crippen molar-refractivity contribution < 1.29 is 19.1 Å². The molecular formula is C25H20Cl2N2O4. The van der Waals surface area contributed by atoms with Gasteiger partial charge in [0, 0.05) is 16.8 Å². The Balaban J connectivity index is 1.47. The molecule has 6 nitrogen and oxygen atoms in total. The Bertz CT molecular complexity index is 1230. The highest BCUT2D eigenvalue weighted by Gasteiger charge is 2.23. The molecule has 3 aromatic carbocycles. The smallest absolute Gasteiger partial charge is 0.324 e. The quantitative estimate of drug-likeness (QED) is 0.266. The van der Waals surface area contributed by atoms with Crippen molar-refractivity contribution in [3.05, 3.63) is 88.4 Å². The summed E-state index contributed by atoms with van der Waals surface area (Å²) in [6, 6.07) is 19.4. The maximum atomic E-state index is 12.3. The molecule has 1 aliphatic rings. The van der Waals surface area contributed by atoms with Crippen LogP contribution in [-0.4, -0.2) is 25.0 Å². The summed E-state index contributed by atoms with van der Waals surface area (Å²) in [6.07, 6.45) is 2.15. The van der Waals surface area contributed by atoms with E-state index in [2.05, 4.69) is 10.2 Å². The molecule has 1 heterocycles. The molecule has 0 aromatic heterocycles. The van der Waals surface area contributed by atoms with Crippen molar-refractivity contribution in [3.8, 4) is 11.5 Å². The highest BCUT2D eigenvalue weighted by molar-refractivity contribution is 6.37. The predicted molar refractivity (Wildman–Crippen MR) is 129 cm³/mol. The monoisotopic (exact) mass is 482 g/mol. The molecule has 4 rings (SSSR count). The number of benzene rings is 3. The van der Waals surface area contributed by atoms with E-state index in [1.165, 1.54) is 7.11 Å². The standard InChI is InChI=1S/C25H20Cl2N2O4/c1-32-25(31)23(29-27)12-15-6-9-17(10-7-15)33-18-11-8-16(21(26)14-18)13-20-19-4-2-3-5-22(19)28-24(20)30/h2-11,13-14,23,29H,12H2,1H3,(H,28,30)/b20-13+/t23-/m1/s1. The van der Waals surface area contributed by atoms with E-state index in [9.17, 15) is 9.59 Å². The minimum Gasteiger partial charge on any atom is -0.468 e. The largest absolute Gasteiger partial charge is 0.468 e. The van der Waals surface area contributed by atoms with Gasteiger partial charge in [-0.2, -0.15) is 0 Å². The first kappa shape index (κ1) is 22.9. The van der Waals surface area contributed by atoms with Gasteiger partial charge in [-0.1, -0.05) is 41.9 Å². The van der Waals surface area contributed by atoms with Crippen LogP contribution in [0.2, 0.25) is 5.02 Å². The zero-order chi connectivity index (χ0) is 23.4. The molecule has 0 saturated heterocycles. The fraction of sp³-hybridized carbons (Fsp3) is 0.120. The second-order valence-electron chi connectivity index (χ2n) is 7.38. The van der Waals surface area contributed by atoms with Gasteiger partial charge in [-0.05, 0) is 71.8 Å². The average molecular weight is 483 g/mol. The van der Waals surface area contributed by atoms with Crippen LogP contribution >= 0.6 is 23.4 Å². The van der Waals surface area contributed by atoms with E-state index in [4.69, 9.17) is 32.9 Å². The molecule has 0 bridgehead atoms. The summed E-state index contributed by atoms with van der Waals surface area (Å²) in [5.41, 5.74) is 3.80. The van der Waals surface area contributed by atoms with Gasteiger partial charge in [0.25, 0.3) is 5.91 Å². The van der Waals surface area contributed by atoms with Gasteiger partial charge >= 0.3 is 5.97 Å². The molecule has 2 N–H and O–H groups in total. The summed E-state index contributed by atoms with van der Waals surface area (Å²) in [5, 5.41) is 3.31. The van der Waals surface area contributed by atoms with Gasteiger partial charge in [0.05, 0.1) is 12.1 Å². The van der Waals surface area contributed by atoms with Crippen LogP contribution in [0.5, 0.6) is 11.5 Å². The number of fused-ring (bicyclic) bond motifs is 1. The molecule has 8 heteroatoms. The Morgan fingerprint density at radius 2 is 1.82 bits per heavy atom. The van der Waals surface area contributed by atoms with Crippen LogP contribution in [-0.2, 0) is 20.7 Å². The van der Waals surface area contributed by atoms with E-state index in [1.54, 1.807) is 36.4 Å². The summed E-state index contributed by atoms with van der Waals surface area (Å²) in [6.45, 7) is 0. The van der Waals surface area contributed by atoms with Gasteiger partial charge in [-0.25, -0.2) is 4.84 Å². The Morgan fingerprint density at radius 1 is 1.09 bits per heavy atom. The number of ether oxygens (including phenoxy) is 2. The van der Waals surface area contributed by atoms with Crippen molar-refractivity contribution in [2.24, 2.45) is 0 Å². The van der Waals surface area contributed by atoms with Crippen LogP contribution in [0.25, 0.3) is 11.6 Å². The highest BCUT2D eigenvalue weighted by atomic mass is 35.5. The Labute approximate surface area is 201 Å². The lowest BCUT2D eigenvalue weighted by molar-refractivity contribution is -0.142. The summed E-state index contributed by atoms with van der Waals surface area (Å²) in [7, 11) is 1.31. The fourth-order valence-corrected chi connectivity index (χ4v) is 3.89. The van der Waals surface area contributed by atoms with Gasteiger partial charge in [-0.15, -0.1) is 0 Å². The average Bonchev–Trinajstić information content (AvgIpc) is 3.14. The second-order valence-corrected chi connectivity index (χ2v) is 8.00. The molecule has 0 radical (unpaired) electrons. The summed E-state index contributed by atoms with van der Waals surface area (Å²) < 4.78 is 10.6. The van der Waals surface area contributed by atoms with Gasteiger partial charge in [0.2, 0.25) is 0 Å². The van der Waals surface area contributed by atoms with Crippen LogP contribution in [0, 0.1) is 0 Å². The third-order valence-corrected chi connectivity index (χ3v) is 5.79. The number of para-hydroxylation sites is 1. The Hall–Kier alpha value is -3.32. The number of carbonyl (C=O) groups is 2. The molecule has 0 fully saturated rings. The lowest BCUT2D eigenvalue weighted by Gasteiger charge is -2.13. The van der Waals surface area contributed by atoms with E-state index in [-0.39, 0.29) is 5.91 Å². The minimum absolute atomic E-state index is 0.161. The second kappa shape index (κ2) is 10.1. The summed E-state index contributed by atoms with van der Waals surface area (Å²) in [4.78, 5) is 26.4. The van der Waals surface area contributed by atoms with Crippen molar-refractivity contribution in [2.75, 3.05) is 12.4 Å². The molecule has 1 aliphatic heterocycles. The van der Waals surface area contributed by atoms with Gasteiger partial charge in [-0.3, -0.25) is 9.59 Å². The van der Waals surface area contributed by atoms with Crippen molar-refractivity contribution in [1.29, 1.82) is 0 Å². The Morgan fingerprint density at radius 3 is 2.52 bits per heavy atom. The Kier molecular flexibility index (Phi) is 6.99. The molecule has 0 spiro atoms. The third-order valence-electron chi connectivity index (χ3n) is 5.20. The number of rotatable bonds is 7. The number of nitrogens with one attached hydrogen (secondary N) is 2. The number of methoxy groups -OCH3 is 1. The molecule has 1 atom stereocenters. The molecule has 33 heavy (non-hydrogen) atoms. The summed E-state index contributed by atoms with van der Waals surface area (Å²) in [5.74, 6) is 0.569. The minimum atomic E-state index is -0.641. The van der Waals surface area contributed by atoms with Gasteiger partial charge in [0.15, 0.2) is 0 Å². The van der Waals surface area contributed by atoms with E-state index >= 15 is 0 Å². The molecular weight excluding hydrogens is 463 g/mol. The maximum absolute atomic E-state index is 12.3. The number of anilines is 1. The topological polar surface area (TPSA) is 76.7 Å². The van der Waals surface area contributed by atoms with E-state index < -0.39 is 12.0 Å². The van der Waals surface area contributed by atoms with Crippen LogP contribution in [0.15, 0.2) is 66.7 Å². The van der Waals surface area contributed by atoms with Gasteiger partial charge in [0.1, 0.15) is 17.5 Å². The van der Waals surface area contributed by atoms with Crippen LogP contribution in [0.3, 0.4) is 0 Å². The van der Waals surface area contributed by atoms with Crippen molar-refractivity contribution in [1.82, 2.24) is 4.84 Å². The summed E-state index contributed by atoms with van der Waals surface area (Å²) >= 11 is 12.1. The number of halogens is 2. The fourth-order valence-electron chi connectivity index (χ4n) is 3.50. The number of esters is 1. The number of carbonyl (C=O) groups excluding carboxylic acids is 2. The van der Waals surface area contributed by atoms with Crippen molar-refractivity contribution >= 4 is 52.6 Å². The van der Waals surface area contributed by atoms with Crippen LogP contribution in [0.1, 0.15) is 16.7 Å². The SMILES string of the molecule is COC(=O)[C@@H](Cc1ccc(Oc2ccc(/C=C3/C(=O)Nc4ccccc43)c(Cl)c2)cc1)NCl. The lowest BCUT2D eigenvalue weighted by Crippen LogP contribution is -2.33. The zero-order valence-corrected chi connectivity index (χ0v) is 19.1. The van der Waals surface area contributed by atoms with E-state index in [0.29, 0.717) is 34.1 Å². The van der Waals surface area contributed by atoms with E-state index in [1.807, 2.05) is 36.4 Å². The molecule has 0 unspecified atom stereocenters. The maximum Gasteiger partial charge on any atom is 0.324 e. The number of hydrogen-bond acceptors (Lipinski definition) is 5. The molecule has 168 valence electrons. The first-order valence-corrected chi connectivity index (χ1v) is 10.9. The van der Waals surface area contributed by atoms with Crippen LogP contribution < -0.4 is 14.9 Å². The number of amides is 1. The molecule has 3 aromatic rings. The van der Waals surface area contributed by atoms with Crippen LogP contribution in [0.4, 0.5) is 5.69 Å². The molecule has 1 amide bonds. The number of hydrogen-bond donors (Lipinski definition) is 2. The molecule has 0 aliphatic carbocycles. The first-order chi connectivity index (χ1) is 16.0. The highest BCUT2D eigenvalue weighted by Crippen LogP contribution is 2.35. The lowest BCUT2D eigenvalue weighted by atomic mass is 10.0. The predicted octanol–water partition coefficient (Wildman–Crippen LogP) is 5.45. The molecule has 0 saturated carbocycles. The van der Waals surface area contributed by atoms with Gasteiger partial charge < -0.3 is 14.8 Å². The first-order valence-electron chi connectivity index (χ1n) is 10.1. The van der Waals surface area contributed by atoms with E-state index in [0.717, 1.165) is 16.8 Å².